The molecule has 28 valence electrons. The Hall–Kier alpha value is -0.0931. The van der Waals surface area contributed by atoms with Gasteiger partial charge in [-0.3, -0.25) is 4.70 Å². The van der Waals surface area contributed by atoms with Crippen molar-refractivity contribution in [3.8, 4) is 0 Å². The van der Waals surface area contributed by atoms with Crippen LogP contribution in [0, 0.1) is 0 Å². The van der Waals surface area contributed by atoms with Gasteiger partial charge in [0.2, 0.25) is 10.1 Å². The van der Waals surface area contributed by atoms with Gasteiger partial charge < -0.3 is 10.6 Å². The average Bonchev–Trinajstić information content (AvgIpc) is 1.00. The van der Waals surface area contributed by atoms with Crippen LogP contribution in [0.4, 0.5) is 4.70 Å². The molecule has 0 bridgehead atoms. The Balaban J connectivity index is -0.00000000500. The lowest BCUT2D eigenvalue weighted by atomic mass is 14.0. The maximum Gasteiger partial charge on any atom is 0.245 e. The highest BCUT2D eigenvalue weighted by Crippen LogP contribution is 0.469. The zero-order chi connectivity index (χ0) is 2.00. The van der Waals surface area contributed by atoms with Crippen molar-refractivity contribution in [3.05, 3.63) is 0 Å². The molecule has 2 nitrogen and oxygen atoms in total. The molecule has 0 aliphatic carbocycles. The summed E-state index contributed by atoms with van der Waals surface area (Å²) in [5, 5.41) is 0. The monoisotopic (exact) mass is 83.0 g/mol. The summed E-state index contributed by atoms with van der Waals surface area (Å²) in [6.07, 6.45) is 0. The van der Waals surface area contributed by atoms with Gasteiger partial charge in [0.25, 0.3) is 0 Å². The maximum absolute atomic E-state index is 8.28. The smallest absolute Gasteiger partial charge is 0.245 e. The van der Waals surface area contributed by atoms with Crippen molar-refractivity contribution in [2.45, 2.75) is 0 Å². The van der Waals surface area contributed by atoms with Crippen LogP contribution in [0.5, 0.6) is 0 Å². The highest BCUT2D eigenvalue weighted by molar-refractivity contribution is 5.85. The fourth-order valence-corrected chi connectivity index (χ4v) is 0. The van der Waals surface area contributed by atoms with Crippen LogP contribution in [0.3, 0.4) is 0 Å². The molecule has 0 fully saturated rings. The van der Waals surface area contributed by atoms with Crippen molar-refractivity contribution in [2.75, 3.05) is 0 Å². The zero-order valence-corrected chi connectivity index (χ0v) is 3.64. The second-order valence-corrected chi connectivity index (χ2v) is 0. The predicted molar refractivity (Wildman–Crippen MR) is 16.8 cm³/mol. The molecule has 0 radical (unpaired) electrons. The molecular formula is H6FNOSi. The average molecular weight is 83.1 g/mol. The molecular weight excluding hydrogens is 77.1 g/mol. The minimum atomic E-state index is 0. The van der Waals surface area contributed by atoms with E-state index in [1.54, 1.807) is 0 Å². The molecule has 0 aromatic heterocycles. The Morgan fingerprint density at radius 3 is 1.25 bits per heavy atom. The number of hydrogen-bond donors (Lipinski definition) is 1. The van der Waals surface area contributed by atoms with E-state index in [0.29, 0.717) is 10.1 Å². The van der Waals surface area contributed by atoms with E-state index in [2.05, 4.69) is 0 Å². The Morgan fingerprint density at radius 2 is 1.25 bits per heavy atom. The van der Waals surface area contributed by atoms with E-state index in [-0.39, 0.29) is 10.9 Å². The topological polar surface area (TPSA) is 52.1 Å². The molecule has 0 heterocycles. The van der Waals surface area contributed by atoms with E-state index >= 15 is 0 Å². The molecule has 0 saturated carbocycles. The van der Waals surface area contributed by atoms with Crippen LogP contribution in [0.1, 0.15) is 0 Å². The second kappa shape index (κ2) is 1220. The van der Waals surface area contributed by atoms with Crippen molar-refractivity contribution in [1.82, 2.24) is 6.15 Å². The lowest BCUT2D eigenvalue weighted by Crippen LogP contribution is -0.969. The molecule has 0 amide bonds. The Morgan fingerprint density at radius 1 is 1.25 bits per heavy atom. The standard InChI is InChI=1S/FH.H3N.H2OSi/c;;1-2/h1H;1H3;2H2. The molecule has 0 spiro atoms. The molecule has 0 unspecified atom stereocenters. The minimum Gasteiger partial charge on any atom is -0.396 e. The third kappa shape index (κ3) is 181. The minimum absolute atomic E-state index is 0. The van der Waals surface area contributed by atoms with Crippen molar-refractivity contribution in [3.63, 3.8) is 0 Å². The predicted octanol–water partition coefficient (Wildman–Crippen LogP) is -0.721. The van der Waals surface area contributed by atoms with Crippen molar-refractivity contribution in [1.29, 1.82) is 0 Å². The Bertz CT molecular complexity index is 8.00. The van der Waals surface area contributed by atoms with Gasteiger partial charge in [-0.05, 0) is 0 Å². The van der Waals surface area contributed by atoms with E-state index in [1.807, 2.05) is 0 Å². The van der Waals surface area contributed by atoms with Crippen LogP contribution in [-0.4, -0.2) is 10.1 Å². The lowest BCUT2D eigenvalue weighted by molar-refractivity contribution is 0.590. The molecule has 3 N–H and O–H groups in total. The van der Waals surface area contributed by atoms with Crippen LogP contribution < -0.4 is 6.15 Å². The SMILES string of the molecule is F.N.O=[SiH2]. The Labute approximate surface area is 26.6 Å². The van der Waals surface area contributed by atoms with Gasteiger partial charge in [-0.1, -0.05) is 0 Å². The van der Waals surface area contributed by atoms with E-state index in [0.717, 1.165) is 0 Å². The van der Waals surface area contributed by atoms with Gasteiger partial charge in [-0.25, -0.2) is 0 Å². The fraction of sp³-hybridized carbons (Fsp3) is 0. The maximum atomic E-state index is 8.28. The molecule has 0 atom stereocenters. The van der Waals surface area contributed by atoms with Crippen molar-refractivity contribution in [2.24, 2.45) is 0 Å². The molecule has 0 aliphatic heterocycles. The normalized spacial score (nSPS) is 1.00. The van der Waals surface area contributed by atoms with Crippen LogP contribution in [-0.2, 0) is 4.46 Å². The summed E-state index contributed by atoms with van der Waals surface area (Å²) in [6, 6.07) is 0. The molecule has 0 rings (SSSR count). The third-order valence-electron chi connectivity index (χ3n) is 0. The van der Waals surface area contributed by atoms with Crippen LogP contribution in [0.15, 0.2) is 0 Å². The fourth-order valence-electron chi connectivity index (χ4n) is 0. The highest BCUT2D eigenvalue weighted by Gasteiger charge is 0.701. The van der Waals surface area contributed by atoms with Crippen LogP contribution in [0.2, 0.25) is 0 Å². The summed E-state index contributed by atoms with van der Waals surface area (Å²) in [6.45, 7) is 0. The first-order chi connectivity index (χ1) is 1.00. The second-order valence-electron chi connectivity index (χ2n) is 0. The molecule has 0 aromatic carbocycles. The first-order valence-corrected chi connectivity index (χ1v) is 0.866. The molecule has 0 aliphatic rings. The highest BCUT2D eigenvalue weighted by atomic mass is 28.1. The summed E-state index contributed by atoms with van der Waals surface area (Å²) in [7, 11) is 0.611. The number of rotatable bonds is 0. The first-order valence-electron chi connectivity index (χ1n) is 0.289. The van der Waals surface area contributed by atoms with E-state index in [9.17, 15) is 0 Å². The Kier molecular flexibility index (Phi) is 12200. The quantitative estimate of drug-likeness (QED) is 0.393. The summed E-state index contributed by atoms with van der Waals surface area (Å²) in [5.41, 5.74) is 0. The van der Waals surface area contributed by atoms with Crippen LogP contribution >= 0.6 is 0 Å². The summed E-state index contributed by atoms with van der Waals surface area (Å²) >= 11 is 0. The third-order valence-corrected chi connectivity index (χ3v) is 0. The summed E-state index contributed by atoms with van der Waals surface area (Å²) < 4.78 is 8.28. The summed E-state index contributed by atoms with van der Waals surface area (Å²) in [4.78, 5) is 0. The van der Waals surface area contributed by atoms with Crippen LogP contribution in [0.25, 0.3) is 0 Å². The van der Waals surface area contributed by atoms with Gasteiger partial charge in [-0.15, -0.1) is 0 Å². The van der Waals surface area contributed by atoms with Crippen molar-refractivity contribution >= 4 is 10.1 Å². The van der Waals surface area contributed by atoms with Gasteiger partial charge >= 0.3 is 0 Å². The molecule has 4 heavy (non-hydrogen) atoms. The largest absolute Gasteiger partial charge is 0.396 e. The van der Waals surface area contributed by atoms with Gasteiger partial charge in [0.15, 0.2) is 0 Å². The number of halogens is 1. The van der Waals surface area contributed by atoms with E-state index in [1.165, 1.54) is 0 Å². The van der Waals surface area contributed by atoms with Crippen molar-refractivity contribution < 1.29 is 9.17 Å². The van der Waals surface area contributed by atoms with Gasteiger partial charge in [0.05, 0.1) is 0 Å². The summed E-state index contributed by atoms with van der Waals surface area (Å²) in [5.74, 6) is 0. The first kappa shape index (κ1) is 40.1. The molecule has 4 heteroatoms. The molecule has 0 aromatic rings. The zero-order valence-electron chi connectivity index (χ0n) is 2.23. The van der Waals surface area contributed by atoms with E-state index in [4.69, 9.17) is 4.46 Å². The molecule has 0 saturated heterocycles. The van der Waals surface area contributed by atoms with Gasteiger partial charge in [0.1, 0.15) is 0 Å². The van der Waals surface area contributed by atoms with Gasteiger partial charge in [-0.2, -0.15) is 0 Å². The van der Waals surface area contributed by atoms with Gasteiger partial charge in [0, 0.05) is 0 Å². The lowest BCUT2D eigenvalue weighted by Gasteiger charge is -0.852. The number of hydrogen-bond acceptors (Lipinski definition) is 2. The van der Waals surface area contributed by atoms with E-state index < -0.39 is 0 Å².